The molecule has 0 saturated carbocycles. The van der Waals surface area contributed by atoms with E-state index in [2.05, 4.69) is 0 Å². The number of benzene rings is 1. The predicted octanol–water partition coefficient (Wildman–Crippen LogP) is 0.688. The van der Waals surface area contributed by atoms with Crippen molar-refractivity contribution in [3.8, 4) is 5.75 Å². The Morgan fingerprint density at radius 1 is 1.44 bits per heavy atom. The second kappa shape index (κ2) is 4.70. The summed E-state index contributed by atoms with van der Waals surface area (Å²) >= 11 is 0. The smallest absolute Gasteiger partial charge is 0.349 e. The highest BCUT2D eigenvalue weighted by Crippen LogP contribution is 2.24. The van der Waals surface area contributed by atoms with Crippen LogP contribution in [0, 0.1) is 0 Å². The lowest BCUT2D eigenvalue weighted by Crippen LogP contribution is -2.26. The molecule has 2 aromatic rings. The number of para-hydroxylation sites is 1. The van der Waals surface area contributed by atoms with E-state index in [1.165, 1.54) is 13.2 Å². The van der Waals surface area contributed by atoms with Gasteiger partial charge in [-0.1, -0.05) is 12.1 Å². The molecule has 18 heavy (non-hydrogen) atoms. The third-order valence-electron chi connectivity index (χ3n) is 2.38. The fourth-order valence-electron chi connectivity index (χ4n) is 1.57. The molecule has 0 saturated heterocycles. The summed E-state index contributed by atoms with van der Waals surface area (Å²) in [6.45, 7) is 0. The Bertz CT molecular complexity index is 674. The summed E-state index contributed by atoms with van der Waals surface area (Å²) in [5.74, 6) is -0.407. The maximum Gasteiger partial charge on any atom is 0.349 e. The average Bonchev–Trinajstić information content (AvgIpc) is 2.37. The van der Waals surface area contributed by atoms with Gasteiger partial charge < -0.3 is 9.15 Å². The number of amides is 2. The van der Waals surface area contributed by atoms with Gasteiger partial charge in [0.2, 0.25) is 6.41 Å². The molecule has 1 aromatic carbocycles. The van der Waals surface area contributed by atoms with Crippen molar-refractivity contribution < 1.29 is 18.7 Å². The Kier molecular flexibility index (Phi) is 3.09. The molecule has 2 amide bonds. The van der Waals surface area contributed by atoms with Gasteiger partial charge in [-0.2, -0.15) is 0 Å². The zero-order valence-electron chi connectivity index (χ0n) is 9.43. The molecule has 0 bridgehead atoms. The molecule has 0 fully saturated rings. The molecule has 2 rings (SSSR count). The van der Waals surface area contributed by atoms with Gasteiger partial charge >= 0.3 is 5.63 Å². The van der Waals surface area contributed by atoms with Crippen LogP contribution in [0.1, 0.15) is 10.4 Å². The number of hydrogen-bond donors (Lipinski definition) is 1. The summed E-state index contributed by atoms with van der Waals surface area (Å²) in [4.78, 5) is 33.2. The van der Waals surface area contributed by atoms with Crippen LogP contribution in [-0.4, -0.2) is 19.4 Å². The Morgan fingerprint density at radius 3 is 2.89 bits per heavy atom. The minimum Gasteiger partial charge on any atom is -0.493 e. The lowest BCUT2D eigenvalue weighted by molar-refractivity contribution is -0.108. The lowest BCUT2D eigenvalue weighted by Gasteiger charge is -2.04. The molecular formula is C12H9NO5. The maximum absolute atomic E-state index is 11.6. The zero-order valence-corrected chi connectivity index (χ0v) is 9.43. The van der Waals surface area contributed by atoms with Gasteiger partial charge in [-0.3, -0.25) is 14.9 Å². The first-order chi connectivity index (χ1) is 8.67. The van der Waals surface area contributed by atoms with E-state index in [0.29, 0.717) is 11.1 Å². The first-order valence-electron chi connectivity index (χ1n) is 5.02. The number of carbonyl (C=O) groups is 2. The van der Waals surface area contributed by atoms with Crippen LogP contribution in [0.25, 0.3) is 11.0 Å². The van der Waals surface area contributed by atoms with Gasteiger partial charge in [0.15, 0.2) is 11.3 Å². The van der Waals surface area contributed by atoms with Gasteiger partial charge in [-0.05, 0) is 12.1 Å². The molecule has 0 unspecified atom stereocenters. The molecule has 0 aliphatic rings. The highest BCUT2D eigenvalue weighted by molar-refractivity contribution is 6.01. The van der Waals surface area contributed by atoms with E-state index >= 15 is 0 Å². The molecule has 0 aliphatic carbocycles. The van der Waals surface area contributed by atoms with E-state index in [9.17, 15) is 14.4 Å². The van der Waals surface area contributed by atoms with E-state index in [1.807, 2.05) is 5.32 Å². The van der Waals surface area contributed by atoms with Gasteiger partial charge in [-0.15, -0.1) is 0 Å². The molecule has 1 N–H and O–H groups in total. The van der Waals surface area contributed by atoms with Crippen LogP contribution in [0.15, 0.2) is 33.5 Å². The Hall–Kier alpha value is -2.63. The van der Waals surface area contributed by atoms with Crippen molar-refractivity contribution in [3.05, 3.63) is 40.2 Å². The van der Waals surface area contributed by atoms with E-state index in [-0.39, 0.29) is 17.6 Å². The molecule has 1 aromatic heterocycles. The molecule has 1 heterocycles. The van der Waals surface area contributed by atoms with Crippen molar-refractivity contribution in [2.75, 3.05) is 7.11 Å². The third-order valence-corrected chi connectivity index (χ3v) is 2.38. The fraction of sp³-hybridized carbons (Fsp3) is 0.0833. The quantitative estimate of drug-likeness (QED) is 0.637. The van der Waals surface area contributed by atoms with Crippen LogP contribution in [0.2, 0.25) is 0 Å². The topological polar surface area (TPSA) is 85.6 Å². The molecule has 0 radical (unpaired) electrons. The SMILES string of the molecule is COc1cccc2cc(C(=O)NC=O)c(=O)oc12. The third kappa shape index (κ3) is 1.95. The number of rotatable bonds is 3. The van der Waals surface area contributed by atoms with E-state index < -0.39 is 11.5 Å². The van der Waals surface area contributed by atoms with Gasteiger partial charge in [0.25, 0.3) is 5.91 Å². The zero-order chi connectivity index (χ0) is 13.1. The molecule has 0 atom stereocenters. The van der Waals surface area contributed by atoms with Crippen LogP contribution in [0.5, 0.6) is 5.75 Å². The highest BCUT2D eigenvalue weighted by Gasteiger charge is 2.14. The molecular weight excluding hydrogens is 238 g/mol. The summed E-state index contributed by atoms with van der Waals surface area (Å²) in [6, 6.07) is 6.35. The van der Waals surface area contributed by atoms with Crippen molar-refractivity contribution in [1.82, 2.24) is 5.32 Å². The van der Waals surface area contributed by atoms with Crippen LogP contribution in [0.3, 0.4) is 0 Å². The van der Waals surface area contributed by atoms with E-state index in [0.717, 1.165) is 0 Å². The van der Waals surface area contributed by atoms with Crippen molar-refractivity contribution >= 4 is 23.3 Å². The average molecular weight is 247 g/mol. The number of imide groups is 1. The Labute approximate surface area is 101 Å². The monoisotopic (exact) mass is 247 g/mol. The van der Waals surface area contributed by atoms with Crippen LogP contribution < -0.4 is 15.7 Å². The number of hydrogen-bond acceptors (Lipinski definition) is 5. The van der Waals surface area contributed by atoms with Crippen molar-refractivity contribution in [2.24, 2.45) is 0 Å². The van der Waals surface area contributed by atoms with Gasteiger partial charge in [0.05, 0.1) is 7.11 Å². The molecule has 6 nitrogen and oxygen atoms in total. The number of methoxy groups -OCH3 is 1. The standard InChI is InChI=1S/C12H9NO5/c1-17-9-4-2-3-7-5-8(11(15)13-6-14)12(16)18-10(7)9/h2-6H,1H3,(H,13,14,15). The maximum atomic E-state index is 11.6. The molecule has 0 aliphatic heterocycles. The van der Waals surface area contributed by atoms with Crippen molar-refractivity contribution in [1.29, 1.82) is 0 Å². The predicted molar refractivity (Wildman–Crippen MR) is 62.6 cm³/mol. The minimum absolute atomic E-state index is 0.206. The number of ether oxygens (including phenoxy) is 1. The summed E-state index contributed by atoms with van der Waals surface area (Å²) in [5, 5.41) is 2.42. The largest absolute Gasteiger partial charge is 0.493 e. The van der Waals surface area contributed by atoms with Crippen LogP contribution in [-0.2, 0) is 4.79 Å². The van der Waals surface area contributed by atoms with Crippen molar-refractivity contribution in [3.63, 3.8) is 0 Å². The number of nitrogens with one attached hydrogen (secondary N) is 1. The fourth-order valence-corrected chi connectivity index (χ4v) is 1.57. The first kappa shape index (κ1) is 11.8. The highest BCUT2D eigenvalue weighted by atomic mass is 16.5. The molecule has 0 spiro atoms. The molecule has 6 heteroatoms. The van der Waals surface area contributed by atoms with Gasteiger partial charge in [0.1, 0.15) is 5.56 Å². The number of carbonyl (C=O) groups excluding carboxylic acids is 2. The van der Waals surface area contributed by atoms with E-state index in [1.54, 1.807) is 18.2 Å². The second-order valence-electron chi connectivity index (χ2n) is 3.42. The Morgan fingerprint density at radius 2 is 2.22 bits per heavy atom. The minimum atomic E-state index is -0.827. The summed E-state index contributed by atoms with van der Waals surface area (Å²) in [7, 11) is 1.45. The van der Waals surface area contributed by atoms with Crippen LogP contribution >= 0.6 is 0 Å². The van der Waals surface area contributed by atoms with E-state index in [4.69, 9.17) is 9.15 Å². The normalized spacial score (nSPS) is 10.1. The first-order valence-corrected chi connectivity index (χ1v) is 5.02. The summed E-state index contributed by atoms with van der Waals surface area (Å²) in [6.07, 6.45) is 0.206. The summed E-state index contributed by atoms with van der Waals surface area (Å²) < 4.78 is 10.1. The second-order valence-corrected chi connectivity index (χ2v) is 3.42. The molecule has 92 valence electrons. The lowest BCUT2D eigenvalue weighted by atomic mass is 10.1. The van der Waals surface area contributed by atoms with Gasteiger partial charge in [-0.25, -0.2) is 4.79 Å². The van der Waals surface area contributed by atoms with Gasteiger partial charge in [0, 0.05) is 5.39 Å². The number of fused-ring (bicyclic) bond motifs is 1. The summed E-state index contributed by atoms with van der Waals surface area (Å²) in [5.41, 5.74) is -0.804. The Balaban J connectivity index is 2.67. The van der Waals surface area contributed by atoms with Crippen LogP contribution in [0.4, 0.5) is 0 Å². The van der Waals surface area contributed by atoms with Crippen molar-refractivity contribution in [2.45, 2.75) is 0 Å².